The molecule has 19 heavy (non-hydrogen) atoms. The van der Waals surface area contributed by atoms with Crippen molar-refractivity contribution in [1.82, 2.24) is 5.32 Å². The number of nitrogens with zero attached hydrogens (tertiary/aromatic N) is 1. The maximum atomic E-state index is 13.1. The fraction of sp³-hybridized carbons (Fsp3) is 0.455. The Morgan fingerprint density at radius 2 is 2.11 bits per heavy atom. The summed E-state index contributed by atoms with van der Waals surface area (Å²) in [5.41, 5.74) is -0.00851. The Hall–Kier alpha value is -1.54. The summed E-state index contributed by atoms with van der Waals surface area (Å²) in [6.45, 7) is 1.68. The highest BCUT2D eigenvalue weighted by atomic mass is 32.2. The minimum Gasteiger partial charge on any atom is -0.309 e. The summed E-state index contributed by atoms with van der Waals surface area (Å²) < 4.78 is 35.2. The quantitative estimate of drug-likeness (QED) is 0.629. The van der Waals surface area contributed by atoms with Gasteiger partial charge in [0.25, 0.3) is 5.69 Å². The highest BCUT2D eigenvalue weighted by Crippen LogP contribution is 2.19. The molecule has 1 aromatic carbocycles. The van der Waals surface area contributed by atoms with Gasteiger partial charge in [-0.1, -0.05) is 0 Å². The molecule has 0 spiro atoms. The van der Waals surface area contributed by atoms with Crippen LogP contribution in [0.2, 0.25) is 0 Å². The summed E-state index contributed by atoms with van der Waals surface area (Å²) in [6.07, 6.45) is 1.11. The van der Waals surface area contributed by atoms with Crippen LogP contribution in [0.5, 0.6) is 0 Å². The van der Waals surface area contributed by atoms with Gasteiger partial charge < -0.3 is 5.32 Å². The van der Waals surface area contributed by atoms with E-state index in [2.05, 4.69) is 5.32 Å². The van der Waals surface area contributed by atoms with Crippen molar-refractivity contribution in [3.63, 3.8) is 0 Å². The van der Waals surface area contributed by atoms with E-state index in [1.807, 2.05) is 0 Å². The van der Waals surface area contributed by atoms with Crippen LogP contribution in [0.3, 0.4) is 0 Å². The fourth-order valence-electron chi connectivity index (χ4n) is 1.67. The molecule has 8 heteroatoms. The SMILES string of the molecule is CC(CS(C)(=O)=O)NCc1cc(F)ccc1[N+](=O)[O-]. The highest BCUT2D eigenvalue weighted by Gasteiger charge is 2.16. The number of benzene rings is 1. The summed E-state index contributed by atoms with van der Waals surface area (Å²) in [5.74, 6) is -0.658. The molecule has 0 aliphatic rings. The molecule has 0 aromatic heterocycles. The van der Waals surface area contributed by atoms with Crippen LogP contribution >= 0.6 is 0 Å². The van der Waals surface area contributed by atoms with Gasteiger partial charge in [0, 0.05) is 30.5 Å². The standard InChI is InChI=1S/C11H15FN2O4S/c1-8(7-19(2,17)18)13-6-9-5-10(12)3-4-11(9)14(15)16/h3-5,8,13H,6-7H2,1-2H3. The van der Waals surface area contributed by atoms with Crippen molar-refractivity contribution in [3.05, 3.63) is 39.7 Å². The molecule has 0 bridgehead atoms. The van der Waals surface area contributed by atoms with Gasteiger partial charge in [-0.2, -0.15) is 0 Å². The Kier molecular flexibility index (Phi) is 4.96. The number of sulfone groups is 1. The number of hydrogen-bond acceptors (Lipinski definition) is 5. The summed E-state index contributed by atoms with van der Waals surface area (Å²) in [5, 5.41) is 13.6. The first-order valence-corrected chi connectivity index (χ1v) is 7.59. The van der Waals surface area contributed by atoms with Gasteiger partial charge in [-0.05, 0) is 19.1 Å². The van der Waals surface area contributed by atoms with Crippen molar-refractivity contribution in [2.24, 2.45) is 0 Å². The van der Waals surface area contributed by atoms with Gasteiger partial charge in [-0.15, -0.1) is 0 Å². The molecule has 0 fully saturated rings. The molecule has 0 heterocycles. The van der Waals surface area contributed by atoms with Crippen molar-refractivity contribution < 1.29 is 17.7 Å². The van der Waals surface area contributed by atoms with Crippen LogP contribution < -0.4 is 5.32 Å². The maximum absolute atomic E-state index is 13.1. The van der Waals surface area contributed by atoms with E-state index in [0.717, 1.165) is 24.5 Å². The summed E-state index contributed by atoms with van der Waals surface area (Å²) in [4.78, 5) is 10.2. The zero-order valence-corrected chi connectivity index (χ0v) is 11.4. The molecule has 1 unspecified atom stereocenters. The van der Waals surface area contributed by atoms with Crippen molar-refractivity contribution in [1.29, 1.82) is 0 Å². The number of nitrogens with one attached hydrogen (secondary N) is 1. The Morgan fingerprint density at radius 1 is 1.47 bits per heavy atom. The van der Waals surface area contributed by atoms with Crippen molar-refractivity contribution >= 4 is 15.5 Å². The monoisotopic (exact) mass is 290 g/mol. The first kappa shape index (κ1) is 15.5. The van der Waals surface area contributed by atoms with Crippen LogP contribution in [0.4, 0.5) is 10.1 Å². The van der Waals surface area contributed by atoms with Crippen LogP contribution in [0.1, 0.15) is 12.5 Å². The molecule has 1 aromatic rings. The largest absolute Gasteiger partial charge is 0.309 e. The predicted octanol–water partition coefficient (Wildman–Crippen LogP) is 1.26. The second kappa shape index (κ2) is 6.07. The molecule has 0 amide bonds. The fourth-order valence-corrected chi connectivity index (χ4v) is 2.70. The molecule has 0 saturated carbocycles. The molecule has 6 nitrogen and oxygen atoms in total. The third-order valence-electron chi connectivity index (χ3n) is 2.43. The molecular formula is C11H15FN2O4S. The van der Waals surface area contributed by atoms with E-state index in [9.17, 15) is 22.9 Å². The average molecular weight is 290 g/mol. The molecule has 106 valence electrons. The number of hydrogen-bond donors (Lipinski definition) is 1. The highest BCUT2D eigenvalue weighted by molar-refractivity contribution is 7.90. The minimum absolute atomic E-state index is 0.0325. The second-order valence-corrected chi connectivity index (χ2v) is 6.59. The third-order valence-corrected chi connectivity index (χ3v) is 3.54. The lowest BCUT2D eigenvalue weighted by atomic mass is 10.1. The lowest BCUT2D eigenvalue weighted by molar-refractivity contribution is -0.385. The maximum Gasteiger partial charge on any atom is 0.274 e. The van der Waals surface area contributed by atoms with Crippen LogP contribution in [0.15, 0.2) is 18.2 Å². The number of nitro groups is 1. The summed E-state index contributed by atoms with van der Waals surface area (Å²) >= 11 is 0. The second-order valence-electron chi connectivity index (χ2n) is 4.40. The first-order chi connectivity index (χ1) is 8.69. The van der Waals surface area contributed by atoms with Gasteiger partial charge in [0.05, 0.1) is 10.7 Å². The van der Waals surface area contributed by atoms with Crippen molar-refractivity contribution in [2.75, 3.05) is 12.0 Å². The Balaban J connectivity index is 2.77. The van der Waals surface area contributed by atoms with Gasteiger partial charge in [0.2, 0.25) is 0 Å². The van der Waals surface area contributed by atoms with E-state index in [-0.39, 0.29) is 29.6 Å². The molecule has 1 atom stereocenters. The van der Waals surface area contributed by atoms with Crippen LogP contribution in [-0.2, 0) is 16.4 Å². The lowest BCUT2D eigenvalue weighted by Crippen LogP contribution is -2.32. The van der Waals surface area contributed by atoms with Gasteiger partial charge in [-0.25, -0.2) is 12.8 Å². The molecule has 0 aliphatic heterocycles. The van der Waals surface area contributed by atoms with Crippen molar-refractivity contribution in [3.8, 4) is 0 Å². The van der Waals surface area contributed by atoms with E-state index >= 15 is 0 Å². The summed E-state index contributed by atoms with van der Waals surface area (Å²) in [6, 6.07) is 2.80. The van der Waals surface area contributed by atoms with Gasteiger partial charge >= 0.3 is 0 Å². The summed E-state index contributed by atoms with van der Waals surface area (Å²) in [7, 11) is -3.13. The lowest BCUT2D eigenvalue weighted by Gasteiger charge is -2.12. The van der Waals surface area contributed by atoms with E-state index in [1.54, 1.807) is 6.92 Å². The molecule has 1 rings (SSSR count). The smallest absolute Gasteiger partial charge is 0.274 e. The van der Waals surface area contributed by atoms with Gasteiger partial charge in [0.1, 0.15) is 15.7 Å². The topological polar surface area (TPSA) is 89.3 Å². The van der Waals surface area contributed by atoms with Crippen LogP contribution in [0.25, 0.3) is 0 Å². The Morgan fingerprint density at radius 3 is 2.63 bits per heavy atom. The predicted molar refractivity (Wildman–Crippen MR) is 69.1 cm³/mol. The van der Waals surface area contributed by atoms with Crippen LogP contribution in [0, 0.1) is 15.9 Å². The molecule has 1 N–H and O–H groups in total. The van der Waals surface area contributed by atoms with E-state index < -0.39 is 20.6 Å². The van der Waals surface area contributed by atoms with Crippen LogP contribution in [-0.4, -0.2) is 31.4 Å². The zero-order valence-electron chi connectivity index (χ0n) is 10.6. The van der Waals surface area contributed by atoms with Crippen molar-refractivity contribution in [2.45, 2.75) is 19.5 Å². The van der Waals surface area contributed by atoms with Gasteiger partial charge in [-0.3, -0.25) is 10.1 Å². The number of nitro benzene ring substituents is 1. The first-order valence-electron chi connectivity index (χ1n) is 5.53. The number of halogens is 1. The van der Waals surface area contributed by atoms with Gasteiger partial charge in [0.15, 0.2) is 0 Å². The Bertz CT molecular complexity index is 574. The Labute approximate surface area is 110 Å². The van der Waals surface area contributed by atoms with E-state index in [4.69, 9.17) is 0 Å². The van der Waals surface area contributed by atoms with E-state index in [1.165, 1.54) is 0 Å². The molecular weight excluding hydrogens is 275 g/mol. The molecule has 0 radical (unpaired) electrons. The average Bonchev–Trinajstić information content (AvgIpc) is 2.23. The zero-order chi connectivity index (χ0) is 14.6. The normalized spacial score (nSPS) is 13.2. The third kappa shape index (κ3) is 5.31. The van der Waals surface area contributed by atoms with E-state index in [0.29, 0.717) is 0 Å². The molecule has 0 saturated heterocycles. The minimum atomic E-state index is -3.13. The number of rotatable bonds is 6. The molecule has 0 aliphatic carbocycles.